The molecule has 19 heavy (non-hydrogen) atoms. The van der Waals surface area contributed by atoms with Crippen molar-refractivity contribution in [2.45, 2.75) is 63.5 Å². The van der Waals surface area contributed by atoms with E-state index in [1.165, 1.54) is 24.2 Å². The van der Waals surface area contributed by atoms with Gasteiger partial charge in [0.05, 0.1) is 6.04 Å². The zero-order chi connectivity index (χ0) is 13.8. The van der Waals surface area contributed by atoms with Gasteiger partial charge in [-0.05, 0) is 25.2 Å². The third-order valence-corrected chi connectivity index (χ3v) is 4.21. The molecule has 2 fully saturated rings. The first-order chi connectivity index (χ1) is 9.08. The van der Waals surface area contributed by atoms with Crippen LogP contribution in [0.2, 0.25) is 0 Å². The number of hydrogen-bond acceptors (Lipinski definition) is 3. The lowest BCUT2D eigenvalue weighted by Crippen LogP contribution is -2.47. The highest BCUT2D eigenvalue weighted by Crippen LogP contribution is 2.30. The van der Waals surface area contributed by atoms with Crippen molar-refractivity contribution >= 4 is 11.9 Å². The summed E-state index contributed by atoms with van der Waals surface area (Å²) in [6.07, 6.45) is 8.59. The van der Waals surface area contributed by atoms with Crippen LogP contribution in [0.15, 0.2) is 0 Å². The average Bonchev–Trinajstić information content (AvgIpc) is 3.20. The van der Waals surface area contributed by atoms with Gasteiger partial charge in [0.15, 0.2) is 0 Å². The van der Waals surface area contributed by atoms with Crippen LogP contribution in [0.3, 0.4) is 0 Å². The molecule has 0 unspecified atom stereocenters. The Hall–Kier alpha value is -1.10. The number of carbonyl (C=O) groups is 2. The minimum absolute atomic E-state index is 0.112. The van der Waals surface area contributed by atoms with Crippen LogP contribution >= 0.6 is 0 Å². The molecule has 5 nitrogen and oxygen atoms in total. The summed E-state index contributed by atoms with van der Waals surface area (Å²) in [4.78, 5) is 24.6. The largest absolute Gasteiger partial charge is 0.480 e. The van der Waals surface area contributed by atoms with Gasteiger partial charge in [0.1, 0.15) is 6.54 Å². The number of hydrogen-bond donors (Lipinski definition) is 2. The second-order valence-electron chi connectivity index (χ2n) is 5.94. The fourth-order valence-electron chi connectivity index (χ4n) is 3.01. The van der Waals surface area contributed by atoms with E-state index in [1.54, 1.807) is 0 Å². The summed E-state index contributed by atoms with van der Waals surface area (Å²) in [5.74, 6) is -0.584. The van der Waals surface area contributed by atoms with Crippen LogP contribution in [0.5, 0.6) is 0 Å². The van der Waals surface area contributed by atoms with Gasteiger partial charge in [0.25, 0.3) is 0 Å². The van der Waals surface area contributed by atoms with Crippen LogP contribution in [0.25, 0.3) is 0 Å². The monoisotopic (exact) mass is 268 g/mol. The van der Waals surface area contributed by atoms with E-state index in [4.69, 9.17) is 10.8 Å². The maximum Gasteiger partial charge on any atom is 0.323 e. The summed E-state index contributed by atoms with van der Waals surface area (Å²) in [5, 5.41) is 8.88. The summed E-state index contributed by atoms with van der Waals surface area (Å²) in [5.41, 5.74) is 6.01. The maximum atomic E-state index is 12.3. The third-order valence-electron chi connectivity index (χ3n) is 4.21. The van der Waals surface area contributed by atoms with Gasteiger partial charge >= 0.3 is 5.97 Å². The van der Waals surface area contributed by atoms with Crippen molar-refractivity contribution in [3.8, 4) is 0 Å². The summed E-state index contributed by atoms with van der Waals surface area (Å²) in [7, 11) is 0. The highest BCUT2D eigenvalue weighted by atomic mass is 16.4. The number of nitrogens with zero attached hydrogens (tertiary/aromatic N) is 1. The zero-order valence-electron chi connectivity index (χ0n) is 11.4. The van der Waals surface area contributed by atoms with E-state index in [1.807, 2.05) is 0 Å². The molecule has 0 heterocycles. The summed E-state index contributed by atoms with van der Waals surface area (Å²) in [6.45, 7) is -0.206. The van der Waals surface area contributed by atoms with Crippen molar-refractivity contribution < 1.29 is 14.7 Å². The second kappa shape index (κ2) is 6.37. The lowest BCUT2D eigenvalue weighted by atomic mass is 9.85. The molecule has 0 spiro atoms. The first-order valence-electron chi connectivity index (χ1n) is 7.35. The molecular weight excluding hydrogens is 244 g/mol. The topological polar surface area (TPSA) is 83.6 Å². The van der Waals surface area contributed by atoms with Crippen molar-refractivity contribution in [3.05, 3.63) is 0 Å². The Kier molecular flexibility index (Phi) is 4.80. The van der Waals surface area contributed by atoms with Crippen molar-refractivity contribution in [2.75, 3.05) is 6.54 Å². The molecule has 2 aliphatic rings. The summed E-state index contributed by atoms with van der Waals surface area (Å²) >= 11 is 0. The summed E-state index contributed by atoms with van der Waals surface area (Å²) < 4.78 is 0. The van der Waals surface area contributed by atoms with Gasteiger partial charge < -0.3 is 15.7 Å². The second-order valence-corrected chi connectivity index (χ2v) is 5.94. The van der Waals surface area contributed by atoms with Gasteiger partial charge in [-0.15, -0.1) is 0 Å². The molecule has 0 aromatic carbocycles. The fourth-order valence-corrected chi connectivity index (χ4v) is 3.01. The molecule has 0 saturated heterocycles. The predicted molar refractivity (Wildman–Crippen MR) is 71.5 cm³/mol. The molecule has 3 N–H and O–H groups in total. The van der Waals surface area contributed by atoms with E-state index in [0.717, 1.165) is 25.7 Å². The van der Waals surface area contributed by atoms with Crippen molar-refractivity contribution in [3.63, 3.8) is 0 Å². The number of carboxylic acid groups (broad SMARTS) is 1. The van der Waals surface area contributed by atoms with Gasteiger partial charge in [0.2, 0.25) is 5.91 Å². The zero-order valence-corrected chi connectivity index (χ0v) is 11.4. The van der Waals surface area contributed by atoms with Crippen LogP contribution in [-0.2, 0) is 9.59 Å². The predicted octanol–water partition coefficient (Wildman–Crippen LogP) is 1.36. The molecule has 0 aromatic rings. The smallest absolute Gasteiger partial charge is 0.323 e. The molecule has 0 radical (unpaired) electrons. The maximum absolute atomic E-state index is 12.3. The Labute approximate surface area is 114 Å². The van der Waals surface area contributed by atoms with Crippen LogP contribution in [0, 0.1) is 5.92 Å². The molecule has 0 aromatic heterocycles. The lowest BCUT2D eigenvalue weighted by Gasteiger charge is -2.28. The minimum Gasteiger partial charge on any atom is -0.480 e. The van der Waals surface area contributed by atoms with Crippen LogP contribution < -0.4 is 5.73 Å². The van der Waals surface area contributed by atoms with Gasteiger partial charge in [-0.1, -0.05) is 32.1 Å². The molecule has 2 aliphatic carbocycles. The van der Waals surface area contributed by atoms with Crippen molar-refractivity contribution in [2.24, 2.45) is 11.7 Å². The van der Waals surface area contributed by atoms with Gasteiger partial charge in [-0.3, -0.25) is 9.59 Å². The number of nitrogens with two attached hydrogens (primary N) is 1. The molecule has 1 atom stereocenters. The molecular formula is C14H24N2O3. The number of carboxylic acids is 1. The van der Waals surface area contributed by atoms with E-state index in [-0.39, 0.29) is 18.5 Å². The number of aliphatic carboxylic acids is 1. The summed E-state index contributed by atoms with van der Waals surface area (Å²) in [6, 6.07) is -0.413. The van der Waals surface area contributed by atoms with Gasteiger partial charge in [0, 0.05) is 6.04 Å². The van der Waals surface area contributed by atoms with Gasteiger partial charge in [-0.25, -0.2) is 0 Å². The molecule has 1 amide bonds. The van der Waals surface area contributed by atoms with Crippen LogP contribution in [0.1, 0.15) is 51.4 Å². The number of carbonyl (C=O) groups excluding carboxylic acids is 1. The molecule has 0 aliphatic heterocycles. The quantitative estimate of drug-likeness (QED) is 0.762. The standard InChI is InChI=1S/C14H24N2O3/c15-12(8-10-4-2-1-3-5-10)14(19)16(9-13(17)18)11-6-7-11/h10-12H,1-9,15H2,(H,17,18)/t12-/m1/s1. The van der Waals surface area contributed by atoms with E-state index >= 15 is 0 Å². The molecule has 5 heteroatoms. The normalized spacial score (nSPS) is 21.9. The average molecular weight is 268 g/mol. The molecule has 0 bridgehead atoms. The highest BCUT2D eigenvalue weighted by molar-refractivity contribution is 5.85. The fraction of sp³-hybridized carbons (Fsp3) is 0.857. The van der Waals surface area contributed by atoms with Crippen molar-refractivity contribution in [1.29, 1.82) is 0 Å². The Morgan fingerprint density at radius 3 is 2.32 bits per heavy atom. The SMILES string of the molecule is N[C@H](CC1CCCCC1)C(=O)N(CC(=O)O)C1CC1. The van der Waals surface area contributed by atoms with Crippen LogP contribution in [-0.4, -0.2) is 40.5 Å². The number of rotatable bonds is 6. The Balaban J connectivity index is 1.86. The van der Waals surface area contributed by atoms with Gasteiger partial charge in [-0.2, -0.15) is 0 Å². The molecule has 2 rings (SSSR count). The third kappa shape index (κ3) is 4.20. The van der Waals surface area contributed by atoms with E-state index in [2.05, 4.69) is 0 Å². The first-order valence-corrected chi connectivity index (χ1v) is 7.35. The lowest BCUT2D eigenvalue weighted by molar-refractivity contribution is -0.145. The highest BCUT2D eigenvalue weighted by Gasteiger charge is 2.36. The van der Waals surface area contributed by atoms with E-state index in [0.29, 0.717) is 12.3 Å². The van der Waals surface area contributed by atoms with E-state index in [9.17, 15) is 9.59 Å². The minimum atomic E-state index is -0.954. The van der Waals surface area contributed by atoms with Crippen LogP contribution in [0.4, 0.5) is 0 Å². The van der Waals surface area contributed by atoms with E-state index < -0.39 is 12.0 Å². The number of amides is 1. The Morgan fingerprint density at radius 2 is 1.79 bits per heavy atom. The van der Waals surface area contributed by atoms with Crippen molar-refractivity contribution in [1.82, 2.24) is 4.90 Å². The first kappa shape index (κ1) is 14.3. The molecule has 108 valence electrons. The molecule has 2 saturated carbocycles. The Morgan fingerprint density at radius 1 is 1.16 bits per heavy atom. The Bertz CT molecular complexity index is 336.